The van der Waals surface area contributed by atoms with Crippen LogP contribution in [0.15, 0.2) is 89.0 Å². The van der Waals surface area contributed by atoms with Gasteiger partial charge in [0.2, 0.25) is 0 Å². The quantitative estimate of drug-likeness (QED) is 0.179. The fraction of sp³-hybridized carbons (Fsp3) is 0.233. The van der Waals surface area contributed by atoms with Crippen molar-refractivity contribution in [2.75, 3.05) is 13.2 Å². The van der Waals surface area contributed by atoms with E-state index in [9.17, 15) is 9.59 Å². The van der Waals surface area contributed by atoms with Crippen molar-refractivity contribution >= 4 is 28.9 Å². The first kappa shape index (κ1) is 24.3. The standard InChI is InChI=1S/C30H29N3O4/c34-28(31-18-17-22-9-3-1-4-10-22)21-36-29(35)16-15-24-20-33(25-12-5-2-6-13-25)32-30(24)27-19-23-11-7-8-14-26(23)37-27/h2,5-9,11-16,19-20H,1,3-4,10,17-18,21H2,(H,31,34). The number of benzene rings is 2. The van der Waals surface area contributed by atoms with Gasteiger partial charge >= 0.3 is 5.97 Å². The van der Waals surface area contributed by atoms with Crippen LogP contribution in [0.2, 0.25) is 0 Å². The Morgan fingerprint density at radius 2 is 1.92 bits per heavy atom. The van der Waals surface area contributed by atoms with Crippen molar-refractivity contribution in [2.24, 2.45) is 0 Å². The summed E-state index contributed by atoms with van der Waals surface area (Å²) in [7, 11) is 0. The maximum atomic E-state index is 12.4. The fourth-order valence-corrected chi connectivity index (χ4v) is 4.40. The van der Waals surface area contributed by atoms with Crippen LogP contribution in [0.4, 0.5) is 0 Å². The number of carbonyl (C=O) groups excluding carboxylic acids is 2. The number of nitrogens with zero attached hydrogens (tertiary/aromatic N) is 2. The average molecular weight is 496 g/mol. The zero-order valence-corrected chi connectivity index (χ0v) is 20.6. The molecule has 0 bridgehead atoms. The van der Waals surface area contributed by atoms with E-state index in [2.05, 4.69) is 11.4 Å². The van der Waals surface area contributed by atoms with Gasteiger partial charge in [0.25, 0.3) is 5.91 Å². The Hall–Kier alpha value is -4.39. The topological polar surface area (TPSA) is 86.4 Å². The maximum Gasteiger partial charge on any atom is 0.331 e. The van der Waals surface area contributed by atoms with E-state index in [1.807, 2.05) is 66.9 Å². The summed E-state index contributed by atoms with van der Waals surface area (Å²) in [6.45, 7) is 0.236. The molecule has 0 radical (unpaired) electrons. The monoisotopic (exact) mass is 495 g/mol. The highest BCUT2D eigenvalue weighted by Gasteiger charge is 2.16. The smallest absolute Gasteiger partial charge is 0.331 e. The molecule has 7 nitrogen and oxygen atoms in total. The minimum atomic E-state index is -0.604. The molecule has 0 fully saturated rings. The minimum absolute atomic E-state index is 0.307. The summed E-state index contributed by atoms with van der Waals surface area (Å²) in [5.41, 5.74) is 4.31. The third-order valence-electron chi connectivity index (χ3n) is 6.32. The van der Waals surface area contributed by atoms with Gasteiger partial charge in [-0.25, -0.2) is 9.48 Å². The second-order valence-corrected chi connectivity index (χ2v) is 9.01. The fourth-order valence-electron chi connectivity index (χ4n) is 4.40. The number of hydrogen-bond donors (Lipinski definition) is 1. The molecule has 0 aliphatic heterocycles. The Morgan fingerprint density at radius 1 is 1.08 bits per heavy atom. The summed E-state index contributed by atoms with van der Waals surface area (Å²) in [5.74, 6) is -0.317. The molecule has 0 unspecified atom stereocenters. The lowest BCUT2D eigenvalue weighted by Gasteiger charge is -2.12. The molecule has 2 heterocycles. The molecule has 0 atom stereocenters. The van der Waals surface area contributed by atoms with Crippen LogP contribution in [0.3, 0.4) is 0 Å². The number of hydrogen-bond acceptors (Lipinski definition) is 5. The first-order valence-electron chi connectivity index (χ1n) is 12.6. The van der Waals surface area contributed by atoms with Crippen LogP contribution in [-0.2, 0) is 14.3 Å². The Balaban J connectivity index is 1.25. The van der Waals surface area contributed by atoms with Gasteiger partial charge in [0.05, 0.1) is 5.69 Å². The van der Waals surface area contributed by atoms with Gasteiger partial charge in [-0.2, -0.15) is 5.10 Å². The molecule has 188 valence electrons. The maximum absolute atomic E-state index is 12.4. The molecule has 2 aromatic heterocycles. The van der Waals surface area contributed by atoms with Crippen molar-refractivity contribution in [3.8, 4) is 17.1 Å². The van der Waals surface area contributed by atoms with Crippen molar-refractivity contribution < 1.29 is 18.7 Å². The number of para-hydroxylation sites is 2. The minimum Gasteiger partial charge on any atom is -0.454 e. The van der Waals surface area contributed by atoms with Crippen molar-refractivity contribution in [2.45, 2.75) is 32.1 Å². The zero-order chi connectivity index (χ0) is 25.5. The van der Waals surface area contributed by atoms with Crippen molar-refractivity contribution in [1.82, 2.24) is 15.1 Å². The van der Waals surface area contributed by atoms with Gasteiger partial charge in [0.15, 0.2) is 12.4 Å². The van der Waals surface area contributed by atoms with Crippen LogP contribution in [0.5, 0.6) is 0 Å². The normalized spacial score (nSPS) is 13.6. The predicted molar refractivity (Wildman–Crippen MR) is 143 cm³/mol. The van der Waals surface area contributed by atoms with Crippen molar-refractivity contribution in [1.29, 1.82) is 0 Å². The Kier molecular flexibility index (Phi) is 7.60. The molecule has 0 saturated carbocycles. The molecule has 4 aromatic rings. The first-order valence-corrected chi connectivity index (χ1v) is 12.6. The Morgan fingerprint density at radius 3 is 2.73 bits per heavy atom. The zero-order valence-electron chi connectivity index (χ0n) is 20.6. The molecule has 37 heavy (non-hydrogen) atoms. The lowest BCUT2D eigenvalue weighted by atomic mass is 9.97. The summed E-state index contributed by atoms with van der Waals surface area (Å²) in [6, 6.07) is 19.4. The lowest BCUT2D eigenvalue weighted by molar-refractivity contribution is -0.143. The van der Waals surface area contributed by atoms with Crippen molar-refractivity contribution in [3.05, 3.63) is 90.1 Å². The van der Waals surface area contributed by atoms with Gasteiger partial charge in [-0.3, -0.25) is 4.79 Å². The number of amides is 1. The highest BCUT2D eigenvalue weighted by Crippen LogP contribution is 2.30. The number of aromatic nitrogens is 2. The van der Waals surface area contributed by atoms with E-state index in [0.29, 0.717) is 23.6 Å². The van der Waals surface area contributed by atoms with Crippen LogP contribution in [0.1, 0.15) is 37.7 Å². The van der Waals surface area contributed by atoms with E-state index in [1.165, 1.54) is 24.5 Å². The van der Waals surface area contributed by atoms with E-state index in [0.717, 1.165) is 35.9 Å². The van der Waals surface area contributed by atoms with E-state index >= 15 is 0 Å². The molecule has 7 heteroatoms. The van der Waals surface area contributed by atoms with Crippen LogP contribution >= 0.6 is 0 Å². The number of rotatable bonds is 9. The summed E-state index contributed by atoms with van der Waals surface area (Å²) >= 11 is 0. The number of nitrogens with one attached hydrogen (secondary N) is 1. The van der Waals surface area contributed by atoms with Gasteiger partial charge in [0.1, 0.15) is 11.3 Å². The van der Waals surface area contributed by atoms with Crippen molar-refractivity contribution in [3.63, 3.8) is 0 Å². The third kappa shape index (κ3) is 6.25. The third-order valence-corrected chi connectivity index (χ3v) is 6.32. The Bertz CT molecular complexity index is 1410. The van der Waals surface area contributed by atoms with Crippen LogP contribution in [0.25, 0.3) is 34.2 Å². The summed E-state index contributed by atoms with van der Waals surface area (Å²) in [4.78, 5) is 24.4. The number of carbonyl (C=O) groups is 2. The highest BCUT2D eigenvalue weighted by molar-refractivity contribution is 5.91. The molecule has 1 amide bonds. The van der Waals surface area contributed by atoms with Crippen LogP contribution in [-0.4, -0.2) is 34.8 Å². The molecular formula is C30H29N3O4. The van der Waals surface area contributed by atoms with Gasteiger partial charge in [-0.05, 0) is 62.4 Å². The summed E-state index contributed by atoms with van der Waals surface area (Å²) < 4.78 is 12.9. The number of esters is 1. The second kappa shape index (κ2) is 11.6. The number of furan rings is 1. The van der Waals surface area contributed by atoms with Gasteiger partial charge in [-0.1, -0.05) is 48.0 Å². The predicted octanol–water partition coefficient (Wildman–Crippen LogP) is 5.85. The molecule has 2 aromatic carbocycles. The molecule has 0 saturated heterocycles. The molecule has 1 aliphatic carbocycles. The van der Waals surface area contributed by atoms with Gasteiger partial charge in [0, 0.05) is 29.8 Å². The van der Waals surface area contributed by atoms with E-state index in [-0.39, 0.29) is 12.5 Å². The van der Waals surface area contributed by atoms with Crippen LogP contribution in [0, 0.1) is 0 Å². The highest BCUT2D eigenvalue weighted by atomic mass is 16.5. The lowest BCUT2D eigenvalue weighted by Crippen LogP contribution is -2.29. The summed E-state index contributed by atoms with van der Waals surface area (Å²) in [6.07, 6.45) is 12.5. The van der Waals surface area contributed by atoms with E-state index in [4.69, 9.17) is 14.3 Å². The van der Waals surface area contributed by atoms with Gasteiger partial charge in [-0.15, -0.1) is 0 Å². The molecule has 0 spiro atoms. The summed E-state index contributed by atoms with van der Waals surface area (Å²) in [5, 5.41) is 8.50. The Labute approximate surface area is 215 Å². The van der Waals surface area contributed by atoms with E-state index < -0.39 is 5.97 Å². The largest absolute Gasteiger partial charge is 0.454 e. The van der Waals surface area contributed by atoms with E-state index in [1.54, 1.807) is 10.8 Å². The molecule has 1 aliphatic rings. The first-order chi connectivity index (χ1) is 18.2. The van der Waals surface area contributed by atoms with Gasteiger partial charge < -0.3 is 14.5 Å². The molecular weight excluding hydrogens is 466 g/mol. The number of allylic oxidation sites excluding steroid dienone is 1. The molecule has 5 rings (SSSR count). The number of fused-ring (bicyclic) bond motifs is 1. The van der Waals surface area contributed by atoms with Crippen LogP contribution < -0.4 is 5.32 Å². The SMILES string of the molecule is O=C(COC(=O)C=Cc1cn(-c2ccccc2)nc1-c1cc2ccccc2o1)NCCC1=CCCCC1. The average Bonchev–Trinajstić information content (AvgIpc) is 3.56. The molecule has 1 N–H and O–H groups in total. The second-order valence-electron chi connectivity index (χ2n) is 9.01. The number of ether oxygens (including phenoxy) is 1.